The van der Waals surface area contributed by atoms with E-state index >= 15 is 0 Å². The number of aryl methyl sites for hydroxylation is 3. The SMILES string of the molecule is Cc1cccc(N2CCN(CCCNC(=O)CCc3c(C)noc3C)CC2)c1. The van der Waals surface area contributed by atoms with Crippen molar-refractivity contribution in [1.82, 2.24) is 15.4 Å². The molecule has 1 N–H and O–H groups in total. The van der Waals surface area contributed by atoms with E-state index in [4.69, 9.17) is 4.52 Å². The van der Waals surface area contributed by atoms with Crippen molar-refractivity contribution in [3.05, 3.63) is 46.8 Å². The number of nitrogens with one attached hydrogen (secondary N) is 1. The first-order chi connectivity index (χ1) is 13.5. The molecule has 6 heteroatoms. The molecule has 0 radical (unpaired) electrons. The van der Waals surface area contributed by atoms with Gasteiger partial charge in [-0.25, -0.2) is 0 Å². The van der Waals surface area contributed by atoms with Crippen LogP contribution >= 0.6 is 0 Å². The van der Waals surface area contributed by atoms with E-state index in [1.165, 1.54) is 11.3 Å². The van der Waals surface area contributed by atoms with Crippen molar-refractivity contribution in [3.63, 3.8) is 0 Å². The van der Waals surface area contributed by atoms with Crippen molar-refractivity contribution in [2.45, 2.75) is 40.0 Å². The molecule has 0 bridgehead atoms. The van der Waals surface area contributed by atoms with Crippen molar-refractivity contribution in [2.75, 3.05) is 44.2 Å². The van der Waals surface area contributed by atoms with Crippen LogP contribution < -0.4 is 10.2 Å². The van der Waals surface area contributed by atoms with Gasteiger partial charge in [-0.05, 0) is 57.9 Å². The lowest BCUT2D eigenvalue weighted by Crippen LogP contribution is -2.47. The fraction of sp³-hybridized carbons (Fsp3) is 0.545. The van der Waals surface area contributed by atoms with E-state index in [2.05, 4.69) is 51.5 Å². The van der Waals surface area contributed by atoms with Crippen molar-refractivity contribution < 1.29 is 9.32 Å². The van der Waals surface area contributed by atoms with E-state index in [9.17, 15) is 4.79 Å². The van der Waals surface area contributed by atoms with E-state index in [0.29, 0.717) is 12.8 Å². The molecule has 0 saturated carbocycles. The summed E-state index contributed by atoms with van der Waals surface area (Å²) in [6, 6.07) is 8.72. The number of hydrogen-bond acceptors (Lipinski definition) is 5. The smallest absolute Gasteiger partial charge is 0.220 e. The molecule has 1 aliphatic rings. The zero-order chi connectivity index (χ0) is 19.9. The summed E-state index contributed by atoms with van der Waals surface area (Å²) < 4.78 is 5.14. The summed E-state index contributed by atoms with van der Waals surface area (Å²) in [5.74, 6) is 0.916. The molecule has 152 valence electrons. The number of amides is 1. The van der Waals surface area contributed by atoms with Gasteiger partial charge in [-0.2, -0.15) is 0 Å². The van der Waals surface area contributed by atoms with Gasteiger partial charge in [0.1, 0.15) is 5.76 Å². The molecule has 6 nitrogen and oxygen atoms in total. The summed E-state index contributed by atoms with van der Waals surface area (Å²) in [6.07, 6.45) is 2.16. The van der Waals surface area contributed by atoms with E-state index < -0.39 is 0 Å². The highest BCUT2D eigenvalue weighted by atomic mass is 16.5. The van der Waals surface area contributed by atoms with Crippen LogP contribution in [0.5, 0.6) is 0 Å². The number of nitrogens with zero attached hydrogens (tertiary/aromatic N) is 3. The number of carbonyl (C=O) groups is 1. The zero-order valence-electron chi connectivity index (χ0n) is 17.3. The maximum atomic E-state index is 12.1. The Morgan fingerprint density at radius 2 is 1.96 bits per heavy atom. The van der Waals surface area contributed by atoms with Gasteiger partial charge in [0.25, 0.3) is 0 Å². The fourth-order valence-corrected chi connectivity index (χ4v) is 3.77. The van der Waals surface area contributed by atoms with Gasteiger partial charge in [-0.3, -0.25) is 9.69 Å². The summed E-state index contributed by atoms with van der Waals surface area (Å²) in [6.45, 7) is 12.0. The number of benzene rings is 1. The predicted octanol–water partition coefficient (Wildman–Crippen LogP) is 2.86. The predicted molar refractivity (Wildman–Crippen MR) is 112 cm³/mol. The third-order valence-corrected chi connectivity index (χ3v) is 5.50. The Bertz CT molecular complexity index is 759. The van der Waals surface area contributed by atoms with Crippen LogP contribution in [0.4, 0.5) is 5.69 Å². The highest BCUT2D eigenvalue weighted by molar-refractivity contribution is 5.76. The second-order valence-corrected chi connectivity index (χ2v) is 7.67. The minimum absolute atomic E-state index is 0.101. The molecule has 1 aromatic heterocycles. The van der Waals surface area contributed by atoms with E-state index in [-0.39, 0.29) is 5.91 Å². The van der Waals surface area contributed by atoms with Gasteiger partial charge in [0.2, 0.25) is 5.91 Å². The van der Waals surface area contributed by atoms with Crippen LogP contribution in [0.2, 0.25) is 0 Å². The topological polar surface area (TPSA) is 61.6 Å². The molecule has 2 aromatic rings. The van der Waals surface area contributed by atoms with Crippen LogP contribution in [0.1, 0.15) is 35.4 Å². The van der Waals surface area contributed by atoms with E-state index in [1.54, 1.807) is 0 Å². The minimum Gasteiger partial charge on any atom is -0.369 e. The Kier molecular flexibility index (Phi) is 7.09. The summed E-state index contributed by atoms with van der Waals surface area (Å²) in [4.78, 5) is 17.0. The Labute approximate surface area is 167 Å². The second-order valence-electron chi connectivity index (χ2n) is 7.67. The van der Waals surface area contributed by atoms with Crippen LogP contribution in [-0.2, 0) is 11.2 Å². The largest absolute Gasteiger partial charge is 0.369 e. The van der Waals surface area contributed by atoms with Gasteiger partial charge in [0, 0.05) is 50.4 Å². The fourth-order valence-electron chi connectivity index (χ4n) is 3.77. The molecule has 0 unspecified atom stereocenters. The van der Waals surface area contributed by atoms with Gasteiger partial charge in [-0.15, -0.1) is 0 Å². The lowest BCUT2D eigenvalue weighted by molar-refractivity contribution is -0.121. The monoisotopic (exact) mass is 384 g/mol. The van der Waals surface area contributed by atoms with Gasteiger partial charge >= 0.3 is 0 Å². The summed E-state index contributed by atoms with van der Waals surface area (Å²) >= 11 is 0. The van der Waals surface area contributed by atoms with Gasteiger partial charge in [0.05, 0.1) is 5.69 Å². The molecule has 0 spiro atoms. The molecule has 1 aromatic carbocycles. The molecule has 1 amide bonds. The molecular formula is C22H32N4O2. The number of rotatable bonds is 8. The maximum absolute atomic E-state index is 12.1. The van der Waals surface area contributed by atoms with Gasteiger partial charge in [-0.1, -0.05) is 17.3 Å². The molecule has 1 saturated heterocycles. The number of carbonyl (C=O) groups excluding carboxylic acids is 1. The number of hydrogen-bond donors (Lipinski definition) is 1. The Morgan fingerprint density at radius 1 is 1.18 bits per heavy atom. The molecular weight excluding hydrogens is 352 g/mol. The molecule has 1 aliphatic heterocycles. The first kappa shape index (κ1) is 20.4. The molecule has 1 fully saturated rings. The highest BCUT2D eigenvalue weighted by Gasteiger charge is 2.17. The minimum atomic E-state index is 0.101. The van der Waals surface area contributed by atoms with E-state index in [1.807, 2.05) is 13.8 Å². The molecule has 2 heterocycles. The molecule has 3 rings (SSSR count). The lowest BCUT2D eigenvalue weighted by Gasteiger charge is -2.36. The number of anilines is 1. The van der Waals surface area contributed by atoms with Gasteiger partial charge in [0.15, 0.2) is 0 Å². The van der Waals surface area contributed by atoms with Crippen LogP contribution in [0.25, 0.3) is 0 Å². The summed E-state index contributed by atoms with van der Waals surface area (Å²) in [5.41, 5.74) is 4.58. The maximum Gasteiger partial charge on any atom is 0.220 e. The molecule has 28 heavy (non-hydrogen) atoms. The lowest BCUT2D eigenvalue weighted by atomic mass is 10.1. The average Bonchev–Trinajstić information content (AvgIpc) is 3.02. The Balaban J connectivity index is 1.29. The van der Waals surface area contributed by atoms with E-state index in [0.717, 1.165) is 62.7 Å². The van der Waals surface area contributed by atoms with Crippen molar-refractivity contribution in [2.24, 2.45) is 0 Å². The number of aromatic nitrogens is 1. The zero-order valence-corrected chi connectivity index (χ0v) is 17.3. The first-order valence-corrected chi connectivity index (χ1v) is 10.3. The summed E-state index contributed by atoms with van der Waals surface area (Å²) in [7, 11) is 0. The first-order valence-electron chi connectivity index (χ1n) is 10.3. The van der Waals surface area contributed by atoms with Crippen LogP contribution in [-0.4, -0.2) is 55.2 Å². The van der Waals surface area contributed by atoms with Crippen LogP contribution in [0.15, 0.2) is 28.8 Å². The third kappa shape index (κ3) is 5.58. The second kappa shape index (κ2) is 9.73. The average molecular weight is 385 g/mol. The highest BCUT2D eigenvalue weighted by Crippen LogP contribution is 2.18. The van der Waals surface area contributed by atoms with Crippen LogP contribution in [0, 0.1) is 20.8 Å². The van der Waals surface area contributed by atoms with Crippen LogP contribution in [0.3, 0.4) is 0 Å². The standard InChI is InChI=1S/C22H32N4O2/c1-17-6-4-7-20(16-17)26-14-12-25(13-15-26)11-5-10-23-22(27)9-8-21-18(2)24-28-19(21)3/h4,6-7,16H,5,8-15H2,1-3H3,(H,23,27). The third-order valence-electron chi connectivity index (χ3n) is 5.50. The Morgan fingerprint density at radius 3 is 2.64 bits per heavy atom. The quantitative estimate of drug-likeness (QED) is 0.709. The van der Waals surface area contributed by atoms with Crippen molar-refractivity contribution >= 4 is 11.6 Å². The molecule has 0 atom stereocenters. The summed E-state index contributed by atoms with van der Waals surface area (Å²) in [5, 5.41) is 6.97. The van der Waals surface area contributed by atoms with Crippen molar-refractivity contribution in [1.29, 1.82) is 0 Å². The molecule has 0 aliphatic carbocycles. The Hall–Kier alpha value is -2.34. The normalized spacial score (nSPS) is 15.0. The number of piperazine rings is 1. The van der Waals surface area contributed by atoms with Crippen molar-refractivity contribution in [3.8, 4) is 0 Å². The van der Waals surface area contributed by atoms with Gasteiger partial charge < -0.3 is 14.7 Å².